The van der Waals surface area contributed by atoms with E-state index in [4.69, 9.17) is 4.42 Å². The Kier molecular flexibility index (Phi) is 3.50. The molecule has 0 fully saturated rings. The van der Waals surface area contributed by atoms with Crippen LogP contribution < -0.4 is 9.80 Å². The topological polar surface area (TPSA) is 19.6 Å². The number of anilines is 2. The number of hydrogen-bond acceptors (Lipinski definition) is 3. The molecule has 0 saturated carbocycles. The molecule has 2 unspecified atom stereocenters. The Bertz CT molecular complexity index is 632. The molecule has 0 bridgehead atoms. The Balaban J connectivity index is 2.06. The van der Waals surface area contributed by atoms with E-state index < -0.39 is 0 Å². The van der Waals surface area contributed by atoms with Gasteiger partial charge in [0.05, 0.1) is 12.3 Å². The zero-order valence-corrected chi connectivity index (χ0v) is 12.9. The normalized spacial score (nSPS) is 21.0. The van der Waals surface area contributed by atoms with Crippen molar-refractivity contribution in [2.24, 2.45) is 0 Å². The molecule has 21 heavy (non-hydrogen) atoms. The largest absolute Gasteiger partial charge is 0.448 e. The first-order chi connectivity index (χ1) is 10.1. The summed E-state index contributed by atoms with van der Waals surface area (Å²) in [6, 6.07) is 13.2. The summed E-state index contributed by atoms with van der Waals surface area (Å²) in [4.78, 5) is 4.53. The van der Waals surface area contributed by atoms with Crippen LogP contribution in [0.2, 0.25) is 0 Å². The molecule has 3 rings (SSSR count). The van der Waals surface area contributed by atoms with Gasteiger partial charge < -0.3 is 14.2 Å². The van der Waals surface area contributed by atoms with Gasteiger partial charge in [-0.15, -0.1) is 0 Å². The van der Waals surface area contributed by atoms with Gasteiger partial charge in [-0.3, -0.25) is 0 Å². The van der Waals surface area contributed by atoms with Crippen molar-refractivity contribution >= 4 is 11.6 Å². The molecule has 1 aliphatic rings. The van der Waals surface area contributed by atoms with Crippen molar-refractivity contribution < 1.29 is 4.42 Å². The number of hydrogen-bond donors (Lipinski definition) is 0. The number of fused-ring (bicyclic) bond motifs is 1. The Morgan fingerprint density at radius 3 is 2.67 bits per heavy atom. The van der Waals surface area contributed by atoms with Crippen molar-refractivity contribution in [1.29, 1.82) is 0 Å². The second kappa shape index (κ2) is 5.32. The maximum absolute atomic E-state index is 5.70. The van der Waals surface area contributed by atoms with Gasteiger partial charge in [0.25, 0.3) is 0 Å². The molecule has 0 spiro atoms. The third-order valence-electron chi connectivity index (χ3n) is 4.34. The Hall–Kier alpha value is -2.16. The molecule has 0 radical (unpaired) electrons. The van der Waals surface area contributed by atoms with Crippen molar-refractivity contribution in [3.05, 3.63) is 60.5 Å². The fourth-order valence-corrected chi connectivity index (χ4v) is 3.16. The molecule has 0 N–H and O–H groups in total. The number of nitrogens with zero attached hydrogens (tertiary/aromatic N) is 2. The average Bonchev–Trinajstić information content (AvgIpc) is 2.95. The monoisotopic (exact) mass is 282 g/mol. The Labute approximate surface area is 126 Å². The van der Waals surface area contributed by atoms with E-state index in [2.05, 4.69) is 67.6 Å². The van der Waals surface area contributed by atoms with Gasteiger partial charge >= 0.3 is 0 Å². The Morgan fingerprint density at radius 2 is 2.00 bits per heavy atom. The van der Waals surface area contributed by atoms with Gasteiger partial charge in [0.15, 0.2) is 0 Å². The van der Waals surface area contributed by atoms with Crippen LogP contribution in [0.3, 0.4) is 0 Å². The molecule has 2 aromatic rings. The van der Waals surface area contributed by atoms with Crippen molar-refractivity contribution in [3.63, 3.8) is 0 Å². The van der Waals surface area contributed by atoms with Crippen molar-refractivity contribution in [3.8, 4) is 0 Å². The molecule has 3 nitrogen and oxygen atoms in total. The van der Waals surface area contributed by atoms with E-state index in [-0.39, 0.29) is 6.04 Å². The van der Waals surface area contributed by atoms with Crippen LogP contribution in [-0.2, 0) is 0 Å². The quantitative estimate of drug-likeness (QED) is 0.821. The summed E-state index contributed by atoms with van der Waals surface area (Å²) in [5.74, 6) is 0.973. The zero-order valence-electron chi connectivity index (χ0n) is 12.9. The van der Waals surface area contributed by atoms with E-state index in [1.165, 1.54) is 11.3 Å². The summed E-state index contributed by atoms with van der Waals surface area (Å²) in [6.07, 6.45) is 2.83. The summed E-state index contributed by atoms with van der Waals surface area (Å²) in [6.45, 7) is 8.49. The lowest BCUT2D eigenvalue weighted by Gasteiger charge is -2.41. The van der Waals surface area contributed by atoms with Gasteiger partial charge in [-0.25, -0.2) is 0 Å². The fourth-order valence-electron chi connectivity index (χ4n) is 3.16. The number of rotatable bonds is 3. The van der Waals surface area contributed by atoms with Crippen molar-refractivity contribution in [2.45, 2.75) is 32.4 Å². The number of furan rings is 1. The molecule has 110 valence electrons. The van der Waals surface area contributed by atoms with Crippen LogP contribution in [0, 0.1) is 0 Å². The number of benzene rings is 1. The molecule has 0 aliphatic carbocycles. The van der Waals surface area contributed by atoms with Crippen LogP contribution in [0.5, 0.6) is 0 Å². The third-order valence-corrected chi connectivity index (χ3v) is 4.34. The average molecular weight is 282 g/mol. The predicted molar refractivity (Wildman–Crippen MR) is 87.7 cm³/mol. The van der Waals surface area contributed by atoms with E-state index in [9.17, 15) is 0 Å². The van der Waals surface area contributed by atoms with Gasteiger partial charge in [0, 0.05) is 30.0 Å². The summed E-state index contributed by atoms with van der Waals surface area (Å²) in [5, 5.41) is 0. The van der Waals surface area contributed by atoms with E-state index in [0.717, 1.165) is 18.0 Å². The van der Waals surface area contributed by atoms with Gasteiger partial charge in [-0.1, -0.05) is 24.8 Å². The van der Waals surface area contributed by atoms with E-state index in [1.54, 1.807) is 6.26 Å². The molecular formula is C18H22N2O. The van der Waals surface area contributed by atoms with Crippen LogP contribution in [0.15, 0.2) is 59.4 Å². The second-order valence-corrected chi connectivity index (χ2v) is 5.83. The minimum atomic E-state index is 0.268. The fraction of sp³-hybridized carbons (Fsp3) is 0.333. The first-order valence-electron chi connectivity index (χ1n) is 7.39. The summed E-state index contributed by atoms with van der Waals surface area (Å²) in [5.41, 5.74) is 3.47. The van der Waals surface area contributed by atoms with Crippen LogP contribution in [-0.4, -0.2) is 13.1 Å². The van der Waals surface area contributed by atoms with Crippen LogP contribution in [0.25, 0.3) is 0 Å². The van der Waals surface area contributed by atoms with Crippen molar-refractivity contribution in [1.82, 2.24) is 0 Å². The minimum Gasteiger partial charge on any atom is -0.448 e. The lowest BCUT2D eigenvalue weighted by molar-refractivity contribution is 0.453. The second-order valence-electron chi connectivity index (χ2n) is 5.83. The molecular weight excluding hydrogens is 260 g/mol. The molecule has 0 saturated heterocycles. The molecule has 1 aliphatic heterocycles. The molecule has 0 amide bonds. The number of allylic oxidation sites excluding steroid dienone is 1. The van der Waals surface area contributed by atoms with Crippen LogP contribution in [0.4, 0.5) is 11.6 Å². The number of para-hydroxylation sites is 1. The van der Waals surface area contributed by atoms with Crippen LogP contribution in [0.1, 0.15) is 31.9 Å². The molecule has 1 aromatic heterocycles. The first kappa shape index (κ1) is 13.8. The smallest absolute Gasteiger partial charge is 0.200 e. The highest BCUT2D eigenvalue weighted by Crippen LogP contribution is 2.43. The minimum absolute atomic E-state index is 0.268. The van der Waals surface area contributed by atoms with E-state index >= 15 is 0 Å². The molecule has 3 heteroatoms. The SMILES string of the molecule is C=C(C)N(c1ccccc1)C1CC(C)N(C)c2occc21. The van der Waals surface area contributed by atoms with Gasteiger partial charge in [-0.2, -0.15) is 0 Å². The van der Waals surface area contributed by atoms with Gasteiger partial charge in [-0.05, 0) is 38.5 Å². The van der Waals surface area contributed by atoms with Gasteiger partial charge in [0.2, 0.25) is 5.88 Å². The maximum atomic E-state index is 5.70. The first-order valence-corrected chi connectivity index (χ1v) is 7.39. The highest BCUT2D eigenvalue weighted by molar-refractivity contribution is 5.59. The lowest BCUT2D eigenvalue weighted by atomic mass is 9.94. The standard InChI is InChI=1S/C18H22N2O/c1-13(2)20(15-8-6-5-7-9-15)17-12-14(3)19(4)18-16(17)10-11-21-18/h5-11,14,17H,1,12H2,2-4H3. The van der Waals surface area contributed by atoms with Crippen molar-refractivity contribution in [2.75, 3.05) is 16.8 Å². The summed E-state index contributed by atoms with van der Waals surface area (Å²) >= 11 is 0. The lowest BCUT2D eigenvalue weighted by Crippen LogP contribution is -2.40. The molecule has 1 aromatic carbocycles. The Morgan fingerprint density at radius 1 is 1.29 bits per heavy atom. The zero-order chi connectivity index (χ0) is 15.0. The predicted octanol–water partition coefficient (Wildman–Crippen LogP) is 4.59. The van der Waals surface area contributed by atoms with E-state index in [0.29, 0.717) is 6.04 Å². The third kappa shape index (κ3) is 2.33. The highest BCUT2D eigenvalue weighted by Gasteiger charge is 2.34. The molecule has 2 heterocycles. The summed E-state index contributed by atoms with van der Waals surface area (Å²) < 4.78 is 5.70. The highest BCUT2D eigenvalue weighted by atomic mass is 16.3. The summed E-state index contributed by atoms with van der Waals surface area (Å²) in [7, 11) is 2.09. The van der Waals surface area contributed by atoms with Crippen LogP contribution >= 0.6 is 0 Å². The van der Waals surface area contributed by atoms with E-state index in [1.807, 2.05) is 6.07 Å². The van der Waals surface area contributed by atoms with Gasteiger partial charge in [0.1, 0.15) is 0 Å². The molecule has 2 atom stereocenters. The maximum Gasteiger partial charge on any atom is 0.200 e.